The molecule has 0 spiro atoms. The van der Waals surface area contributed by atoms with E-state index in [1.165, 1.54) is 17.3 Å². The molecule has 0 fully saturated rings. The van der Waals surface area contributed by atoms with Crippen LogP contribution >= 0.6 is 11.8 Å². The topological polar surface area (TPSA) is 58.2 Å². The summed E-state index contributed by atoms with van der Waals surface area (Å²) in [5.41, 5.74) is 4.44. The number of carbonyl (C=O) groups is 2. The molecule has 3 aromatic rings. The monoisotopic (exact) mass is 432 g/mol. The van der Waals surface area contributed by atoms with Gasteiger partial charge in [0.05, 0.1) is 5.25 Å². The van der Waals surface area contributed by atoms with Crippen molar-refractivity contribution in [3.05, 3.63) is 89.5 Å². The van der Waals surface area contributed by atoms with Crippen molar-refractivity contribution >= 4 is 35.0 Å². The van der Waals surface area contributed by atoms with E-state index in [1.54, 1.807) is 6.07 Å². The number of anilines is 2. The molecule has 0 aliphatic heterocycles. The molecule has 0 aliphatic rings. The zero-order valence-electron chi connectivity index (χ0n) is 18.3. The van der Waals surface area contributed by atoms with E-state index in [0.29, 0.717) is 11.5 Å². The smallest absolute Gasteiger partial charge is 0.255 e. The van der Waals surface area contributed by atoms with Gasteiger partial charge in [0.25, 0.3) is 5.91 Å². The van der Waals surface area contributed by atoms with Gasteiger partial charge in [-0.15, -0.1) is 11.8 Å². The molecule has 0 saturated carbocycles. The van der Waals surface area contributed by atoms with Crippen LogP contribution in [0.2, 0.25) is 0 Å². The van der Waals surface area contributed by atoms with Crippen molar-refractivity contribution in [3.8, 4) is 0 Å². The normalized spacial score (nSPS) is 11.8. The summed E-state index contributed by atoms with van der Waals surface area (Å²) in [5.74, 6) is 0.281. The molecule has 1 atom stereocenters. The standard InChI is InChI=1S/C26H28N2O2S/c1-17(2)20-8-10-22(11-9-20)27-25(29)19(4)31-24-14-12-23(13-15-24)28-26(30)21-7-5-6-18(3)16-21/h5-17,19H,1-4H3,(H,27,29)(H,28,30). The van der Waals surface area contributed by atoms with Gasteiger partial charge in [-0.05, 0) is 73.9 Å². The molecule has 2 amide bonds. The van der Waals surface area contributed by atoms with Crippen molar-refractivity contribution in [2.45, 2.75) is 43.8 Å². The van der Waals surface area contributed by atoms with E-state index >= 15 is 0 Å². The van der Waals surface area contributed by atoms with Crippen LogP contribution in [-0.2, 0) is 4.79 Å². The van der Waals surface area contributed by atoms with Gasteiger partial charge in [-0.1, -0.05) is 43.7 Å². The number of aryl methyl sites for hydroxylation is 1. The quantitative estimate of drug-likeness (QED) is 0.420. The summed E-state index contributed by atoms with van der Waals surface area (Å²) in [6, 6.07) is 23.0. The van der Waals surface area contributed by atoms with Crippen LogP contribution in [0, 0.1) is 6.92 Å². The molecule has 0 saturated heterocycles. The molecule has 0 aromatic heterocycles. The maximum absolute atomic E-state index is 12.5. The fourth-order valence-electron chi connectivity index (χ4n) is 3.06. The van der Waals surface area contributed by atoms with E-state index in [4.69, 9.17) is 0 Å². The number of benzene rings is 3. The Bertz CT molecular complexity index is 1040. The molecule has 3 aromatic carbocycles. The fraction of sp³-hybridized carbons (Fsp3) is 0.231. The summed E-state index contributed by atoms with van der Waals surface area (Å²) in [5, 5.41) is 5.63. The first-order valence-corrected chi connectivity index (χ1v) is 11.3. The predicted molar refractivity (Wildman–Crippen MR) is 130 cm³/mol. The molecule has 160 valence electrons. The third-order valence-corrected chi connectivity index (χ3v) is 6.03. The van der Waals surface area contributed by atoms with Gasteiger partial charge in [-0.25, -0.2) is 0 Å². The minimum absolute atomic E-state index is 0.0425. The van der Waals surface area contributed by atoms with Crippen LogP contribution in [0.4, 0.5) is 11.4 Å². The van der Waals surface area contributed by atoms with Gasteiger partial charge < -0.3 is 10.6 Å². The molecular weight excluding hydrogens is 404 g/mol. The van der Waals surface area contributed by atoms with Gasteiger partial charge >= 0.3 is 0 Å². The molecule has 2 N–H and O–H groups in total. The molecule has 0 heterocycles. The Labute approximate surface area is 188 Å². The van der Waals surface area contributed by atoms with Crippen molar-refractivity contribution < 1.29 is 9.59 Å². The van der Waals surface area contributed by atoms with Crippen molar-refractivity contribution in [1.82, 2.24) is 0 Å². The molecule has 4 nitrogen and oxygen atoms in total. The summed E-state index contributed by atoms with van der Waals surface area (Å²) >= 11 is 1.48. The summed E-state index contributed by atoms with van der Waals surface area (Å²) in [6.07, 6.45) is 0. The van der Waals surface area contributed by atoms with Gasteiger partial charge in [0.2, 0.25) is 5.91 Å². The molecule has 0 radical (unpaired) electrons. The first kappa shape index (κ1) is 22.6. The third kappa shape index (κ3) is 6.46. The Kier molecular flexibility index (Phi) is 7.53. The minimum Gasteiger partial charge on any atom is -0.325 e. The summed E-state index contributed by atoms with van der Waals surface area (Å²) in [7, 11) is 0. The zero-order chi connectivity index (χ0) is 22.4. The average Bonchev–Trinajstić information content (AvgIpc) is 2.75. The Morgan fingerprint density at radius 1 is 0.806 bits per heavy atom. The molecule has 0 aliphatic carbocycles. The van der Waals surface area contributed by atoms with Gasteiger partial charge in [0, 0.05) is 21.8 Å². The number of hydrogen-bond acceptors (Lipinski definition) is 3. The summed E-state index contributed by atoms with van der Waals surface area (Å²) < 4.78 is 0. The number of hydrogen-bond donors (Lipinski definition) is 2. The van der Waals surface area contributed by atoms with E-state index < -0.39 is 0 Å². The maximum atomic E-state index is 12.5. The van der Waals surface area contributed by atoms with Crippen molar-refractivity contribution in [2.75, 3.05) is 10.6 Å². The van der Waals surface area contributed by atoms with E-state index in [9.17, 15) is 9.59 Å². The highest BCUT2D eigenvalue weighted by Crippen LogP contribution is 2.26. The highest BCUT2D eigenvalue weighted by molar-refractivity contribution is 8.00. The van der Waals surface area contributed by atoms with Gasteiger partial charge in [0.1, 0.15) is 0 Å². The van der Waals surface area contributed by atoms with Crippen LogP contribution in [0.1, 0.15) is 48.2 Å². The van der Waals surface area contributed by atoms with Gasteiger partial charge in [0.15, 0.2) is 0 Å². The Balaban J connectivity index is 1.54. The first-order chi connectivity index (χ1) is 14.8. The highest BCUT2D eigenvalue weighted by Gasteiger charge is 2.15. The molecule has 1 unspecified atom stereocenters. The van der Waals surface area contributed by atoms with Crippen LogP contribution in [0.3, 0.4) is 0 Å². The molecule has 0 bridgehead atoms. The second-order valence-electron chi connectivity index (χ2n) is 7.87. The van der Waals surface area contributed by atoms with Crippen molar-refractivity contribution in [2.24, 2.45) is 0 Å². The second-order valence-corrected chi connectivity index (χ2v) is 9.29. The third-order valence-electron chi connectivity index (χ3n) is 4.92. The minimum atomic E-state index is -0.252. The van der Waals surface area contributed by atoms with Crippen LogP contribution in [0.15, 0.2) is 77.7 Å². The lowest BCUT2D eigenvalue weighted by Crippen LogP contribution is -2.22. The molecule has 3 rings (SSSR count). The Morgan fingerprint density at radius 3 is 2.03 bits per heavy atom. The number of amides is 2. The number of carbonyl (C=O) groups excluding carboxylic acids is 2. The fourth-order valence-corrected chi connectivity index (χ4v) is 3.93. The van der Waals surface area contributed by atoms with E-state index in [1.807, 2.05) is 80.6 Å². The largest absolute Gasteiger partial charge is 0.325 e. The van der Waals surface area contributed by atoms with Crippen LogP contribution in [0.5, 0.6) is 0 Å². The highest BCUT2D eigenvalue weighted by atomic mass is 32.2. The van der Waals surface area contributed by atoms with E-state index in [-0.39, 0.29) is 17.1 Å². The maximum Gasteiger partial charge on any atom is 0.255 e. The summed E-state index contributed by atoms with van der Waals surface area (Å²) in [6.45, 7) is 8.13. The van der Waals surface area contributed by atoms with E-state index in [2.05, 4.69) is 24.5 Å². The molecular formula is C26H28N2O2S. The number of rotatable bonds is 7. The lowest BCUT2D eigenvalue weighted by Gasteiger charge is -2.13. The van der Waals surface area contributed by atoms with E-state index in [0.717, 1.165) is 21.8 Å². The average molecular weight is 433 g/mol. The predicted octanol–water partition coefficient (Wildman–Crippen LogP) is 6.49. The SMILES string of the molecule is Cc1cccc(C(=O)Nc2ccc(SC(C)C(=O)Nc3ccc(C(C)C)cc3)cc2)c1. The van der Waals surface area contributed by atoms with Crippen LogP contribution < -0.4 is 10.6 Å². The van der Waals surface area contributed by atoms with Gasteiger partial charge in [-0.2, -0.15) is 0 Å². The van der Waals surface area contributed by atoms with Gasteiger partial charge in [-0.3, -0.25) is 9.59 Å². The molecule has 5 heteroatoms. The lowest BCUT2D eigenvalue weighted by atomic mass is 10.0. The Hall–Kier alpha value is -3.05. The zero-order valence-corrected chi connectivity index (χ0v) is 19.1. The van der Waals surface area contributed by atoms with Crippen LogP contribution in [-0.4, -0.2) is 17.1 Å². The summed E-state index contributed by atoms with van der Waals surface area (Å²) in [4.78, 5) is 25.9. The molecule has 31 heavy (non-hydrogen) atoms. The van der Waals surface area contributed by atoms with Crippen molar-refractivity contribution in [3.63, 3.8) is 0 Å². The first-order valence-electron chi connectivity index (χ1n) is 10.4. The van der Waals surface area contributed by atoms with Crippen molar-refractivity contribution in [1.29, 1.82) is 0 Å². The van der Waals surface area contributed by atoms with Crippen LogP contribution in [0.25, 0.3) is 0 Å². The Morgan fingerprint density at radius 2 is 1.42 bits per heavy atom. The lowest BCUT2D eigenvalue weighted by molar-refractivity contribution is -0.115. The second kappa shape index (κ2) is 10.3. The number of thioether (sulfide) groups is 1. The number of nitrogens with one attached hydrogen (secondary N) is 2.